The van der Waals surface area contributed by atoms with Crippen molar-refractivity contribution >= 4 is 11.6 Å². The van der Waals surface area contributed by atoms with Gasteiger partial charge >= 0.3 is 0 Å². The Morgan fingerprint density at radius 3 is 2.56 bits per heavy atom. The SMILES string of the molecule is COc1ccc(C2C3=C(CC(C)(C)CC3=O)Nc3[nH][nH]c(=O)c32)c(OC)c1. The fourth-order valence-corrected chi connectivity index (χ4v) is 4.19. The van der Waals surface area contributed by atoms with Gasteiger partial charge in [0.15, 0.2) is 5.78 Å². The lowest BCUT2D eigenvalue weighted by Crippen LogP contribution is -2.35. The number of Topliss-reactive ketones (excluding diaryl/α,β-unsaturated/α-hetero) is 1. The van der Waals surface area contributed by atoms with Gasteiger partial charge in [-0.15, -0.1) is 0 Å². The zero-order chi connectivity index (χ0) is 19.3. The molecule has 0 spiro atoms. The highest BCUT2D eigenvalue weighted by Gasteiger charge is 2.43. The van der Waals surface area contributed by atoms with Gasteiger partial charge in [0.05, 0.1) is 25.7 Å². The van der Waals surface area contributed by atoms with Crippen LogP contribution in [0.1, 0.15) is 43.7 Å². The summed E-state index contributed by atoms with van der Waals surface area (Å²) < 4.78 is 10.9. The highest BCUT2D eigenvalue weighted by Crippen LogP contribution is 2.49. The van der Waals surface area contributed by atoms with E-state index >= 15 is 0 Å². The number of fused-ring (bicyclic) bond motifs is 1. The van der Waals surface area contributed by atoms with Crippen LogP contribution in [0.25, 0.3) is 0 Å². The average Bonchev–Trinajstić information content (AvgIpc) is 2.99. The third-order valence-electron chi connectivity index (χ3n) is 5.34. The molecule has 2 aliphatic rings. The molecule has 1 aromatic carbocycles. The van der Waals surface area contributed by atoms with E-state index < -0.39 is 5.92 Å². The third-order valence-corrected chi connectivity index (χ3v) is 5.34. The van der Waals surface area contributed by atoms with Gasteiger partial charge in [0.25, 0.3) is 5.56 Å². The number of hydrogen-bond donors (Lipinski definition) is 3. The monoisotopic (exact) mass is 369 g/mol. The number of allylic oxidation sites excluding steroid dienone is 2. The Labute approximate surface area is 156 Å². The van der Waals surface area contributed by atoms with E-state index in [0.717, 1.165) is 17.7 Å². The van der Waals surface area contributed by atoms with Crippen molar-refractivity contribution in [2.24, 2.45) is 5.41 Å². The van der Waals surface area contributed by atoms with E-state index in [0.29, 0.717) is 34.9 Å². The largest absolute Gasteiger partial charge is 0.497 e. The Kier molecular flexibility index (Phi) is 3.91. The summed E-state index contributed by atoms with van der Waals surface area (Å²) in [6, 6.07) is 5.45. The summed E-state index contributed by atoms with van der Waals surface area (Å²) in [7, 11) is 3.16. The minimum absolute atomic E-state index is 0.0582. The summed E-state index contributed by atoms with van der Waals surface area (Å²) in [6.45, 7) is 4.16. The normalized spacial score (nSPS) is 20.6. The molecule has 1 aromatic heterocycles. The summed E-state index contributed by atoms with van der Waals surface area (Å²) in [6.07, 6.45) is 1.18. The van der Waals surface area contributed by atoms with E-state index in [1.807, 2.05) is 12.1 Å². The predicted molar refractivity (Wildman–Crippen MR) is 101 cm³/mol. The third kappa shape index (κ3) is 2.74. The number of rotatable bonds is 3. The first-order valence-corrected chi connectivity index (χ1v) is 8.90. The maximum Gasteiger partial charge on any atom is 0.270 e. The minimum atomic E-state index is -0.490. The second-order valence-corrected chi connectivity index (χ2v) is 7.87. The van der Waals surface area contributed by atoms with Crippen molar-refractivity contribution in [1.29, 1.82) is 0 Å². The number of carbonyl (C=O) groups is 1. The molecule has 1 atom stereocenters. The molecule has 142 valence electrons. The van der Waals surface area contributed by atoms with Crippen LogP contribution in [-0.2, 0) is 4.79 Å². The first-order valence-electron chi connectivity index (χ1n) is 8.90. The van der Waals surface area contributed by atoms with Gasteiger partial charge in [-0.2, -0.15) is 0 Å². The Morgan fingerprint density at radius 2 is 1.85 bits per heavy atom. The first-order chi connectivity index (χ1) is 12.8. The molecule has 2 heterocycles. The van der Waals surface area contributed by atoms with E-state index in [1.54, 1.807) is 20.3 Å². The molecule has 1 aliphatic heterocycles. The number of ketones is 1. The van der Waals surface area contributed by atoms with E-state index in [-0.39, 0.29) is 16.8 Å². The molecule has 1 aliphatic carbocycles. The Hall–Kier alpha value is -2.96. The molecule has 0 saturated carbocycles. The lowest BCUT2D eigenvalue weighted by Gasteiger charge is -2.38. The first kappa shape index (κ1) is 17.5. The van der Waals surface area contributed by atoms with Crippen molar-refractivity contribution in [2.75, 3.05) is 19.5 Å². The molecule has 0 saturated heterocycles. The van der Waals surface area contributed by atoms with E-state index in [1.165, 1.54) is 0 Å². The summed E-state index contributed by atoms with van der Waals surface area (Å²) in [5.41, 5.74) is 2.41. The van der Waals surface area contributed by atoms with Gasteiger partial charge < -0.3 is 14.8 Å². The van der Waals surface area contributed by atoms with Crippen LogP contribution in [0.5, 0.6) is 11.5 Å². The van der Waals surface area contributed by atoms with Crippen molar-refractivity contribution in [3.8, 4) is 11.5 Å². The highest BCUT2D eigenvalue weighted by molar-refractivity contribution is 6.01. The smallest absolute Gasteiger partial charge is 0.270 e. The fraction of sp³-hybridized carbons (Fsp3) is 0.400. The second kappa shape index (κ2) is 6.04. The van der Waals surface area contributed by atoms with Crippen molar-refractivity contribution < 1.29 is 14.3 Å². The van der Waals surface area contributed by atoms with Gasteiger partial charge in [0.1, 0.15) is 17.3 Å². The number of hydrogen-bond acceptors (Lipinski definition) is 5. The quantitative estimate of drug-likeness (QED) is 0.773. The molecule has 0 fully saturated rings. The second-order valence-electron chi connectivity index (χ2n) is 7.87. The Balaban J connectivity index is 1.97. The standard InChI is InChI=1S/C20H23N3O4/c1-20(2)8-12-16(13(24)9-20)15(17-18(21-12)22-23-19(17)25)11-6-5-10(26-3)7-14(11)27-4/h5-7,15H,8-9H2,1-4H3,(H3,21,22,23,25). The summed E-state index contributed by atoms with van der Waals surface area (Å²) >= 11 is 0. The molecule has 3 N–H and O–H groups in total. The lowest BCUT2D eigenvalue weighted by molar-refractivity contribution is -0.118. The van der Waals surface area contributed by atoms with E-state index in [2.05, 4.69) is 29.4 Å². The number of nitrogens with one attached hydrogen (secondary N) is 3. The fourth-order valence-electron chi connectivity index (χ4n) is 4.19. The van der Waals surface area contributed by atoms with Crippen LogP contribution in [-0.4, -0.2) is 30.2 Å². The summed E-state index contributed by atoms with van der Waals surface area (Å²) in [4.78, 5) is 25.7. The topological polar surface area (TPSA) is 96.2 Å². The molecule has 7 nitrogen and oxygen atoms in total. The Bertz CT molecular complexity index is 1010. The highest BCUT2D eigenvalue weighted by atomic mass is 16.5. The maximum atomic E-state index is 13.1. The minimum Gasteiger partial charge on any atom is -0.497 e. The molecular formula is C20H23N3O4. The van der Waals surface area contributed by atoms with Crippen LogP contribution in [0.4, 0.5) is 5.82 Å². The van der Waals surface area contributed by atoms with Gasteiger partial charge in [0, 0.05) is 29.3 Å². The number of ether oxygens (including phenoxy) is 2. The van der Waals surface area contributed by atoms with Crippen molar-refractivity contribution in [2.45, 2.75) is 32.6 Å². The van der Waals surface area contributed by atoms with Gasteiger partial charge in [-0.05, 0) is 17.9 Å². The molecule has 4 rings (SSSR count). The molecule has 1 unspecified atom stereocenters. The predicted octanol–water partition coefficient (Wildman–Crippen LogP) is 2.92. The van der Waals surface area contributed by atoms with Gasteiger partial charge in [0.2, 0.25) is 0 Å². The van der Waals surface area contributed by atoms with Crippen LogP contribution in [0.2, 0.25) is 0 Å². The van der Waals surface area contributed by atoms with E-state index in [9.17, 15) is 9.59 Å². The zero-order valence-corrected chi connectivity index (χ0v) is 15.9. The molecule has 0 bridgehead atoms. The average molecular weight is 369 g/mol. The molecule has 7 heteroatoms. The number of carbonyl (C=O) groups excluding carboxylic acids is 1. The number of aromatic nitrogens is 2. The molecule has 27 heavy (non-hydrogen) atoms. The molecule has 0 radical (unpaired) electrons. The summed E-state index contributed by atoms with van der Waals surface area (Å²) in [5, 5.41) is 8.81. The van der Waals surface area contributed by atoms with Gasteiger partial charge in [-0.25, -0.2) is 0 Å². The number of methoxy groups -OCH3 is 2. The number of H-pyrrole nitrogens is 2. The number of aromatic amines is 2. The molecular weight excluding hydrogens is 346 g/mol. The van der Waals surface area contributed by atoms with E-state index in [4.69, 9.17) is 9.47 Å². The van der Waals surface area contributed by atoms with Crippen LogP contribution >= 0.6 is 0 Å². The van der Waals surface area contributed by atoms with Crippen LogP contribution < -0.4 is 20.3 Å². The van der Waals surface area contributed by atoms with Crippen molar-refractivity contribution in [3.63, 3.8) is 0 Å². The van der Waals surface area contributed by atoms with Crippen LogP contribution in [0.15, 0.2) is 34.3 Å². The van der Waals surface area contributed by atoms with Crippen molar-refractivity contribution in [1.82, 2.24) is 10.2 Å². The number of benzene rings is 1. The zero-order valence-electron chi connectivity index (χ0n) is 15.9. The number of anilines is 1. The van der Waals surface area contributed by atoms with Gasteiger partial charge in [-0.1, -0.05) is 19.9 Å². The molecule has 2 aromatic rings. The van der Waals surface area contributed by atoms with Crippen LogP contribution in [0, 0.1) is 5.41 Å². The molecule has 0 amide bonds. The van der Waals surface area contributed by atoms with Crippen LogP contribution in [0.3, 0.4) is 0 Å². The van der Waals surface area contributed by atoms with Gasteiger partial charge in [-0.3, -0.25) is 19.8 Å². The Morgan fingerprint density at radius 1 is 1.07 bits per heavy atom. The van der Waals surface area contributed by atoms with Crippen molar-refractivity contribution in [3.05, 3.63) is 50.9 Å². The maximum absolute atomic E-state index is 13.1. The summed E-state index contributed by atoms with van der Waals surface area (Å²) in [5.74, 6) is 1.40. The lowest BCUT2D eigenvalue weighted by atomic mass is 9.69.